The number of carbonyl (C=O) groups excluding carboxylic acids is 2. The van der Waals surface area contributed by atoms with Gasteiger partial charge in [0.1, 0.15) is 5.75 Å². The first kappa shape index (κ1) is 23.9. The number of esters is 1. The molecule has 0 saturated carbocycles. The van der Waals surface area contributed by atoms with Gasteiger partial charge in [0.25, 0.3) is 0 Å². The Hall–Kier alpha value is -3.23. The molecular weight excluding hydrogens is 434 g/mol. The van der Waals surface area contributed by atoms with E-state index in [0.29, 0.717) is 43.1 Å². The van der Waals surface area contributed by atoms with E-state index in [1.807, 2.05) is 30.1 Å². The number of carbonyl (C=O) groups is 2. The van der Waals surface area contributed by atoms with Crippen LogP contribution in [0.3, 0.4) is 0 Å². The van der Waals surface area contributed by atoms with Crippen LogP contribution in [0.15, 0.2) is 47.6 Å². The standard InChI is InChI=1S/C26H31N3O5/c1-2-11-33-24(30)16-22-15-21-14-20(7-8-23(21)34-26(22)27)25(31)19-5-3-18(4-6-19)17-28-29-9-12-32-13-10-29/h3-8,14,17,22,26H,2,9-13,15-16,27H2,1H3. The Kier molecular flexibility index (Phi) is 7.92. The van der Waals surface area contributed by atoms with Gasteiger partial charge in [-0.1, -0.05) is 31.2 Å². The number of nitrogens with zero attached hydrogens (tertiary/aromatic N) is 2. The molecule has 180 valence electrons. The molecule has 2 aromatic rings. The van der Waals surface area contributed by atoms with E-state index in [-0.39, 0.29) is 24.1 Å². The summed E-state index contributed by atoms with van der Waals surface area (Å²) < 4.78 is 16.3. The fraction of sp³-hybridized carbons (Fsp3) is 0.423. The zero-order valence-corrected chi connectivity index (χ0v) is 19.4. The maximum atomic E-state index is 13.1. The number of nitrogens with two attached hydrogens (primary N) is 1. The summed E-state index contributed by atoms with van der Waals surface area (Å²) in [6.07, 6.45) is 2.72. The van der Waals surface area contributed by atoms with Gasteiger partial charge in [0.15, 0.2) is 12.0 Å². The van der Waals surface area contributed by atoms with Crippen molar-refractivity contribution in [2.75, 3.05) is 32.9 Å². The van der Waals surface area contributed by atoms with Crippen LogP contribution in [-0.4, -0.2) is 62.1 Å². The van der Waals surface area contributed by atoms with Crippen molar-refractivity contribution in [1.82, 2.24) is 5.01 Å². The normalized spacial score (nSPS) is 20.0. The molecule has 2 aromatic carbocycles. The maximum absolute atomic E-state index is 13.1. The van der Waals surface area contributed by atoms with Crippen LogP contribution in [0.25, 0.3) is 0 Å². The Bertz CT molecular complexity index is 1030. The van der Waals surface area contributed by atoms with Gasteiger partial charge < -0.3 is 14.2 Å². The van der Waals surface area contributed by atoms with Gasteiger partial charge in [0.05, 0.1) is 45.5 Å². The minimum Gasteiger partial charge on any atom is -0.475 e. The largest absolute Gasteiger partial charge is 0.475 e. The van der Waals surface area contributed by atoms with Crippen molar-refractivity contribution < 1.29 is 23.8 Å². The quantitative estimate of drug-likeness (QED) is 0.363. The maximum Gasteiger partial charge on any atom is 0.306 e. The van der Waals surface area contributed by atoms with Gasteiger partial charge >= 0.3 is 5.97 Å². The molecule has 8 heteroatoms. The van der Waals surface area contributed by atoms with E-state index >= 15 is 0 Å². The molecule has 2 unspecified atom stereocenters. The summed E-state index contributed by atoms with van der Waals surface area (Å²) in [6, 6.07) is 12.7. The molecule has 0 aromatic heterocycles. The molecule has 0 bridgehead atoms. The first-order valence-electron chi connectivity index (χ1n) is 11.8. The number of ketones is 1. The minimum absolute atomic E-state index is 0.0757. The molecule has 1 saturated heterocycles. The number of rotatable bonds is 8. The molecule has 0 amide bonds. The van der Waals surface area contributed by atoms with Crippen molar-refractivity contribution >= 4 is 18.0 Å². The molecule has 34 heavy (non-hydrogen) atoms. The highest BCUT2D eigenvalue weighted by Crippen LogP contribution is 2.32. The first-order valence-corrected chi connectivity index (χ1v) is 11.8. The molecule has 8 nitrogen and oxygen atoms in total. The lowest BCUT2D eigenvalue weighted by atomic mass is 9.90. The molecule has 2 N–H and O–H groups in total. The highest BCUT2D eigenvalue weighted by Gasteiger charge is 2.30. The topological polar surface area (TPSA) is 103 Å². The summed E-state index contributed by atoms with van der Waals surface area (Å²) in [6.45, 7) is 5.28. The number of fused-ring (bicyclic) bond motifs is 1. The van der Waals surface area contributed by atoms with Crippen LogP contribution in [0.4, 0.5) is 0 Å². The van der Waals surface area contributed by atoms with Crippen LogP contribution in [-0.2, 0) is 20.7 Å². The molecule has 2 atom stereocenters. The van der Waals surface area contributed by atoms with Crippen molar-refractivity contribution in [3.63, 3.8) is 0 Å². The van der Waals surface area contributed by atoms with Crippen molar-refractivity contribution in [1.29, 1.82) is 0 Å². The Morgan fingerprint density at radius 2 is 1.88 bits per heavy atom. The number of hydrogen-bond acceptors (Lipinski definition) is 8. The first-order chi connectivity index (χ1) is 16.5. The number of morpholine rings is 1. The third-order valence-corrected chi connectivity index (χ3v) is 5.96. The van der Waals surface area contributed by atoms with Crippen molar-refractivity contribution in [2.45, 2.75) is 32.4 Å². The fourth-order valence-electron chi connectivity index (χ4n) is 4.02. The zero-order chi connectivity index (χ0) is 23.9. The Morgan fingerprint density at radius 3 is 2.62 bits per heavy atom. The number of ether oxygens (including phenoxy) is 3. The van der Waals surface area contributed by atoms with E-state index in [0.717, 1.165) is 30.6 Å². The van der Waals surface area contributed by atoms with Crippen LogP contribution >= 0.6 is 0 Å². The third-order valence-electron chi connectivity index (χ3n) is 5.96. The number of hydrazone groups is 1. The minimum atomic E-state index is -0.588. The highest BCUT2D eigenvalue weighted by atomic mass is 16.5. The van der Waals surface area contributed by atoms with Gasteiger partial charge in [-0.2, -0.15) is 5.10 Å². The predicted molar refractivity (Wildman–Crippen MR) is 128 cm³/mol. The monoisotopic (exact) mass is 465 g/mol. The fourth-order valence-corrected chi connectivity index (χ4v) is 4.02. The Labute approximate surface area is 199 Å². The van der Waals surface area contributed by atoms with Crippen LogP contribution < -0.4 is 10.5 Å². The molecule has 2 aliphatic rings. The zero-order valence-electron chi connectivity index (χ0n) is 19.4. The molecule has 0 spiro atoms. The van der Waals surface area contributed by atoms with Crippen LogP contribution in [0, 0.1) is 5.92 Å². The second-order valence-corrected chi connectivity index (χ2v) is 8.56. The van der Waals surface area contributed by atoms with Gasteiger partial charge in [-0.25, -0.2) is 0 Å². The average Bonchev–Trinajstić information content (AvgIpc) is 2.87. The number of hydrogen-bond donors (Lipinski definition) is 1. The molecular formula is C26H31N3O5. The Morgan fingerprint density at radius 1 is 1.15 bits per heavy atom. The summed E-state index contributed by atoms with van der Waals surface area (Å²) in [5, 5.41) is 6.44. The van der Waals surface area contributed by atoms with Crippen molar-refractivity contribution in [3.8, 4) is 5.75 Å². The summed E-state index contributed by atoms with van der Waals surface area (Å²) in [4.78, 5) is 25.1. The SMILES string of the molecule is CCCOC(=O)CC1Cc2cc(C(=O)c3ccc(C=NN4CCOCC4)cc3)ccc2OC1N. The van der Waals surface area contributed by atoms with E-state index in [9.17, 15) is 9.59 Å². The Balaban J connectivity index is 1.42. The second kappa shape index (κ2) is 11.3. The lowest BCUT2D eigenvalue weighted by Crippen LogP contribution is -2.41. The third kappa shape index (κ3) is 6.01. The molecule has 0 radical (unpaired) electrons. The molecule has 1 fully saturated rings. The second-order valence-electron chi connectivity index (χ2n) is 8.56. The molecule has 4 rings (SSSR count). The summed E-state index contributed by atoms with van der Waals surface area (Å²) in [7, 11) is 0. The number of benzene rings is 2. The van der Waals surface area contributed by atoms with Gasteiger partial charge in [-0.05, 0) is 42.2 Å². The lowest BCUT2D eigenvalue weighted by molar-refractivity contribution is -0.145. The van der Waals surface area contributed by atoms with Gasteiger partial charge in [0, 0.05) is 17.0 Å². The summed E-state index contributed by atoms with van der Waals surface area (Å²) in [5.74, 6) is 0.0937. The molecule has 2 aliphatic heterocycles. The van der Waals surface area contributed by atoms with Gasteiger partial charge in [-0.15, -0.1) is 0 Å². The van der Waals surface area contributed by atoms with Gasteiger partial charge in [0.2, 0.25) is 0 Å². The van der Waals surface area contributed by atoms with Crippen molar-refractivity contribution in [2.24, 2.45) is 16.8 Å². The van der Waals surface area contributed by atoms with E-state index < -0.39 is 6.23 Å². The highest BCUT2D eigenvalue weighted by molar-refractivity contribution is 6.09. The van der Waals surface area contributed by atoms with Crippen LogP contribution in [0.1, 0.15) is 46.8 Å². The van der Waals surface area contributed by atoms with E-state index in [2.05, 4.69) is 5.10 Å². The van der Waals surface area contributed by atoms with E-state index in [1.165, 1.54) is 0 Å². The van der Waals surface area contributed by atoms with Crippen LogP contribution in [0.5, 0.6) is 5.75 Å². The summed E-state index contributed by atoms with van der Waals surface area (Å²) in [5.41, 5.74) is 9.09. The average molecular weight is 466 g/mol. The van der Waals surface area contributed by atoms with E-state index in [1.54, 1.807) is 30.5 Å². The lowest BCUT2D eigenvalue weighted by Gasteiger charge is -2.30. The van der Waals surface area contributed by atoms with Crippen LogP contribution in [0.2, 0.25) is 0 Å². The van der Waals surface area contributed by atoms with Crippen molar-refractivity contribution in [3.05, 3.63) is 64.7 Å². The molecule has 0 aliphatic carbocycles. The molecule has 2 heterocycles. The predicted octanol–water partition coefficient (Wildman–Crippen LogP) is 2.76. The smallest absolute Gasteiger partial charge is 0.306 e. The summed E-state index contributed by atoms with van der Waals surface area (Å²) >= 11 is 0. The van der Waals surface area contributed by atoms with Gasteiger partial charge in [-0.3, -0.25) is 20.3 Å². The van der Waals surface area contributed by atoms with E-state index in [4.69, 9.17) is 19.9 Å².